The second-order valence-electron chi connectivity index (χ2n) is 4.61. The van der Waals surface area contributed by atoms with Crippen molar-refractivity contribution in [3.05, 3.63) is 33.3 Å². The number of benzene rings is 1. The Kier molecular flexibility index (Phi) is 5.93. The van der Waals surface area contributed by atoms with Gasteiger partial charge < -0.3 is 5.11 Å². The molecule has 0 amide bonds. The molecule has 0 radical (unpaired) electrons. The van der Waals surface area contributed by atoms with Gasteiger partial charge in [0.1, 0.15) is 0 Å². The van der Waals surface area contributed by atoms with Gasteiger partial charge in [-0.05, 0) is 44.5 Å². The highest BCUT2D eigenvalue weighted by Gasteiger charge is 2.14. The van der Waals surface area contributed by atoms with Crippen molar-refractivity contribution < 1.29 is 5.11 Å². The molecule has 0 aliphatic rings. The lowest BCUT2D eigenvalue weighted by molar-refractivity contribution is 0.103. The van der Waals surface area contributed by atoms with E-state index in [0.717, 1.165) is 21.6 Å². The first kappa shape index (κ1) is 15.0. The topological polar surface area (TPSA) is 23.5 Å². The van der Waals surface area contributed by atoms with Gasteiger partial charge in [-0.1, -0.05) is 27.5 Å². The Labute approximate surface area is 117 Å². The maximum Gasteiger partial charge on any atom is 0.0639 e. The van der Waals surface area contributed by atoms with Crippen LogP contribution >= 0.6 is 27.5 Å². The van der Waals surface area contributed by atoms with Crippen LogP contribution in [0.2, 0.25) is 5.02 Å². The monoisotopic (exact) mass is 319 g/mol. The van der Waals surface area contributed by atoms with Crippen molar-refractivity contribution in [2.45, 2.75) is 39.5 Å². The van der Waals surface area contributed by atoms with Crippen LogP contribution in [0.15, 0.2) is 22.7 Å². The van der Waals surface area contributed by atoms with Crippen LogP contribution in [0, 0.1) is 0 Å². The number of rotatable bonds is 5. The van der Waals surface area contributed by atoms with Crippen LogP contribution in [-0.4, -0.2) is 28.7 Å². The fourth-order valence-electron chi connectivity index (χ4n) is 1.68. The highest BCUT2D eigenvalue weighted by molar-refractivity contribution is 9.10. The van der Waals surface area contributed by atoms with E-state index >= 15 is 0 Å². The Morgan fingerprint density at radius 2 is 2.00 bits per heavy atom. The summed E-state index contributed by atoms with van der Waals surface area (Å²) in [5, 5.41) is 10.3. The molecule has 1 aromatic rings. The SMILES string of the molecule is CC(O)CN(Cc1cc(Br)ccc1Cl)C(C)C. The second kappa shape index (κ2) is 6.74. The molecule has 0 aliphatic heterocycles. The van der Waals surface area contributed by atoms with E-state index in [9.17, 15) is 5.11 Å². The van der Waals surface area contributed by atoms with Gasteiger partial charge in [0.05, 0.1) is 6.10 Å². The largest absolute Gasteiger partial charge is 0.392 e. The lowest BCUT2D eigenvalue weighted by Gasteiger charge is -2.28. The zero-order valence-electron chi connectivity index (χ0n) is 10.5. The molecule has 0 saturated carbocycles. The Morgan fingerprint density at radius 1 is 1.35 bits per heavy atom. The Hall–Kier alpha value is -0.0900. The molecule has 1 unspecified atom stereocenters. The maximum absolute atomic E-state index is 9.49. The van der Waals surface area contributed by atoms with Gasteiger partial charge in [-0.15, -0.1) is 0 Å². The minimum Gasteiger partial charge on any atom is -0.392 e. The summed E-state index contributed by atoms with van der Waals surface area (Å²) in [6, 6.07) is 6.22. The molecule has 2 nitrogen and oxygen atoms in total. The fourth-order valence-corrected chi connectivity index (χ4v) is 2.27. The molecule has 0 heterocycles. The molecular formula is C13H19BrClNO. The van der Waals surface area contributed by atoms with E-state index in [-0.39, 0.29) is 6.10 Å². The fraction of sp³-hybridized carbons (Fsp3) is 0.538. The summed E-state index contributed by atoms with van der Waals surface area (Å²) in [6.45, 7) is 7.45. The molecular weight excluding hydrogens is 302 g/mol. The number of aliphatic hydroxyl groups excluding tert-OH is 1. The smallest absolute Gasteiger partial charge is 0.0639 e. The van der Waals surface area contributed by atoms with E-state index in [2.05, 4.69) is 34.7 Å². The number of hydrogen-bond acceptors (Lipinski definition) is 2. The molecule has 0 aromatic heterocycles. The molecule has 0 saturated heterocycles. The van der Waals surface area contributed by atoms with Gasteiger partial charge in [0.25, 0.3) is 0 Å². The van der Waals surface area contributed by atoms with Crippen LogP contribution in [-0.2, 0) is 6.54 Å². The third kappa shape index (κ3) is 4.96. The molecule has 1 atom stereocenters. The van der Waals surface area contributed by atoms with Crippen LogP contribution in [0.3, 0.4) is 0 Å². The Balaban J connectivity index is 2.81. The lowest BCUT2D eigenvalue weighted by Crippen LogP contribution is -2.36. The van der Waals surface area contributed by atoms with E-state index in [1.165, 1.54) is 0 Å². The highest BCUT2D eigenvalue weighted by Crippen LogP contribution is 2.23. The van der Waals surface area contributed by atoms with E-state index in [1.54, 1.807) is 6.92 Å². The van der Waals surface area contributed by atoms with Crippen molar-refractivity contribution in [1.29, 1.82) is 0 Å². The van der Waals surface area contributed by atoms with Gasteiger partial charge in [-0.2, -0.15) is 0 Å². The van der Waals surface area contributed by atoms with Crippen molar-refractivity contribution in [1.82, 2.24) is 4.90 Å². The number of hydrogen-bond donors (Lipinski definition) is 1. The van der Waals surface area contributed by atoms with Crippen LogP contribution < -0.4 is 0 Å². The third-order valence-electron chi connectivity index (χ3n) is 2.61. The Morgan fingerprint density at radius 3 is 2.53 bits per heavy atom. The number of aliphatic hydroxyl groups is 1. The average Bonchev–Trinajstić information content (AvgIpc) is 2.21. The molecule has 0 aliphatic carbocycles. The molecule has 1 N–H and O–H groups in total. The van der Waals surface area contributed by atoms with Gasteiger partial charge >= 0.3 is 0 Å². The minimum absolute atomic E-state index is 0.330. The third-order valence-corrected chi connectivity index (χ3v) is 3.47. The minimum atomic E-state index is -0.330. The van der Waals surface area contributed by atoms with Gasteiger partial charge in [0, 0.05) is 28.6 Å². The molecule has 1 aromatic carbocycles. The molecule has 1 rings (SSSR count). The molecule has 0 bridgehead atoms. The summed E-state index contributed by atoms with van der Waals surface area (Å²) in [5.74, 6) is 0. The number of halogens is 2. The van der Waals surface area contributed by atoms with E-state index < -0.39 is 0 Å². The van der Waals surface area contributed by atoms with Gasteiger partial charge in [-0.3, -0.25) is 4.90 Å². The van der Waals surface area contributed by atoms with E-state index in [4.69, 9.17) is 11.6 Å². The second-order valence-corrected chi connectivity index (χ2v) is 5.93. The zero-order valence-corrected chi connectivity index (χ0v) is 12.8. The quantitative estimate of drug-likeness (QED) is 0.894. The first-order chi connectivity index (χ1) is 7.90. The first-order valence-corrected chi connectivity index (χ1v) is 6.93. The van der Waals surface area contributed by atoms with Crippen LogP contribution in [0.5, 0.6) is 0 Å². The molecule has 0 spiro atoms. The van der Waals surface area contributed by atoms with E-state index in [0.29, 0.717) is 12.6 Å². The average molecular weight is 321 g/mol. The van der Waals surface area contributed by atoms with Crippen molar-refractivity contribution in [3.63, 3.8) is 0 Å². The summed E-state index contributed by atoms with van der Waals surface area (Å²) in [6.07, 6.45) is -0.330. The normalized spacial score (nSPS) is 13.4. The Bertz CT molecular complexity index is 368. The predicted molar refractivity (Wildman–Crippen MR) is 76.4 cm³/mol. The van der Waals surface area contributed by atoms with Crippen molar-refractivity contribution in [2.75, 3.05) is 6.54 Å². The van der Waals surface area contributed by atoms with Crippen LogP contribution in [0.4, 0.5) is 0 Å². The molecule has 0 fully saturated rings. The van der Waals surface area contributed by atoms with Gasteiger partial charge in [0.2, 0.25) is 0 Å². The summed E-state index contributed by atoms with van der Waals surface area (Å²) in [4.78, 5) is 2.21. The first-order valence-electron chi connectivity index (χ1n) is 5.76. The van der Waals surface area contributed by atoms with Gasteiger partial charge in [-0.25, -0.2) is 0 Å². The zero-order chi connectivity index (χ0) is 13.0. The summed E-state index contributed by atoms with van der Waals surface area (Å²) < 4.78 is 1.03. The standard InChI is InChI=1S/C13H19BrClNO/c1-9(2)16(7-10(3)17)8-11-6-12(14)4-5-13(11)15/h4-6,9-10,17H,7-8H2,1-3H3. The van der Waals surface area contributed by atoms with Crippen molar-refractivity contribution >= 4 is 27.5 Å². The van der Waals surface area contributed by atoms with Crippen molar-refractivity contribution in [3.8, 4) is 0 Å². The summed E-state index contributed by atoms with van der Waals surface area (Å²) in [7, 11) is 0. The van der Waals surface area contributed by atoms with Crippen LogP contribution in [0.25, 0.3) is 0 Å². The maximum atomic E-state index is 9.49. The summed E-state index contributed by atoms with van der Waals surface area (Å²) in [5.41, 5.74) is 1.08. The lowest BCUT2D eigenvalue weighted by atomic mass is 10.1. The van der Waals surface area contributed by atoms with Crippen LogP contribution in [0.1, 0.15) is 26.3 Å². The van der Waals surface area contributed by atoms with Crippen molar-refractivity contribution in [2.24, 2.45) is 0 Å². The van der Waals surface area contributed by atoms with E-state index in [1.807, 2.05) is 18.2 Å². The highest BCUT2D eigenvalue weighted by atomic mass is 79.9. The summed E-state index contributed by atoms with van der Waals surface area (Å²) >= 11 is 9.62. The molecule has 4 heteroatoms. The van der Waals surface area contributed by atoms with Gasteiger partial charge in [0.15, 0.2) is 0 Å². The molecule has 96 valence electrons. The molecule has 17 heavy (non-hydrogen) atoms. The number of nitrogens with zero attached hydrogens (tertiary/aromatic N) is 1. The predicted octanol–water partition coefficient (Wildman–Crippen LogP) is 3.69.